The Kier molecular flexibility index (Phi) is 5.44. The van der Waals surface area contributed by atoms with E-state index in [1.165, 1.54) is 39.3 Å². The molecule has 0 saturated heterocycles. The lowest BCUT2D eigenvalue weighted by Crippen LogP contribution is -2.44. The summed E-state index contributed by atoms with van der Waals surface area (Å²) in [5.41, 5.74) is -3.79. The van der Waals surface area contributed by atoms with Crippen molar-refractivity contribution in [2.45, 2.75) is 51.6 Å². The first-order valence-electron chi connectivity index (χ1n) is 5.78. The zero-order valence-corrected chi connectivity index (χ0v) is 14.2. The van der Waals surface area contributed by atoms with E-state index >= 15 is 0 Å². The van der Waals surface area contributed by atoms with Crippen LogP contribution in [0, 0.1) is 0 Å². The molecule has 0 aliphatic heterocycles. The van der Waals surface area contributed by atoms with Crippen molar-refractivity contribution < 1.29 is 26.3 Å². The van der Waals surface area contributed by atoms with Gasteiger partial charge in [0, 0.05) is 0 Å². The van der Waals surface area contributed by atoms with Crippen molar-refractivity contribution in [1.29, 1.82) is 0 Å². The lowest BCUT2D eigenvalue weighted by Gasteiger charge is -2.22. The summed E-state index contributed by atoms with van der Waals surface area (Å²) in [5, 5.41) is 0. The highest BCUT2D eigenvalue weighted by Gasteiger charge is 2.50. The smallest absolute Gasteiger partial charge is 0.316 e. The highest BCUT2D eigenvalue weighted by atomic mass is 28.3. The van der Waals surface area contributed by atoms with Crippen molar-refractivity contribution in [2.24, 2.45) is 9.32 Å². The van der Waals surface area contributed by atoms with E-state index in [9.17, 15) is 26.3 Å². The molecule has 20 heavy (non-hydrogen) atoms. The molecule has 0 N–H and O–H groups in total. The Morgan fingerprint density at radius 2 is 0.800 bits per heavy atom. The first-order valence-corrected chi connectivity index (χ1v) is 12.7. The van der Waals surface area contributed by atoms with Crippen LogP contribution in [-0.4, -0.2) is 40.2 Å². The van der Waals surface area contributed by atoms with Gasteiger partial charge >= 0.3 is 12.4 Å². The number of hydrogen-bond acceptors (Lipinski definition) is 2. The number of rotatable bonds is 3. The Morgan fingerprint density at radius 3 is 0.900 bits per heavy atom. The molecule has 0 unspecified atom stereocenters. The van der Waals surface area contributed by atoms with Gasteiger partial charge in [0.15, 0.2) is 27.9 Å². The largest absolute Gasteiger partial charge is 0.434 e. The second kappa shape index (κ2) is 5.62. The summed E-state index contributed by atoms with van der Waals surface area (Å²) < 4.78 is 84.3. The van der Waals surface area contributed by atoms with Crippen LogP contribution in [0.2, 0.25) is 39.3 Å². The molecule has 118 valence electrons. The van der Waals surface area contributed by atoms with Gasteiger partial charge in [-0.3, -0.25) is 0 Å². The van der Waals surface area contributed by atoms with Crippen molar-refractivity contribution in [3.8, 4) is 0 Å². The normalized spacial score (nSPS) is 16.6. The number of halogens is 6. The lowest BCUT2D eigenvalue weighted by atomic mass is 10.2. The van der Waals surface area contributed by atoms with Gasteiger partial charge in [-0.1, -0.05) is 0 Å². The molecule has 10 heteroatoms. The molecule has 0 radical (unpaired) electrons. The maximum absolute atomic E-state index is 12.9. The molecule has 0 fully saturated rings. The fourth-order valence-electron chi connectivity index (χ4n) is 1.17. The Bertz CT molecular complexity index is 369. The minimum Gasteiger partial charge on any atom is -0.316 e. The zero-order chi connectivity index (χ0) is 16.6. The minimum atomic E-state index is -5.17. The minimum absolute atomic E-state index is 1.43. The topological polar surface area (TPSA) is 24.7 Å². The third kappa shape index (κ3) is 7.22. The molecule has 0 aromatic rings. The average Bonchev–Trinajstić information content (AvgIpc) is 2.04. The molecule has 2 nitrogen and oxygen atoms in total. The van der Waals surface area contributed by atoms with Crippen LogP contribution in [0.4, 0.5) is 26.3 Å². The molecule has 0 aromatic heterocycles. The van der Waals surface area contributed by atoms with Gasteiger partial charge in [0.05, 0.1) is 0 Å². The summed E-state index contributed by atoms with van der Waals surface area (Å²) in [6, 6.07) is 0. The fraction of sp³-hybridized carbons (Fsp3) is 0.800. The summed E-state index contributed by atoms with van der Waals surface area (Å²) in [4.78, 5) is 0. The van der Waals surface area contributed by atoms with Crippen LogP contribution in [0.3, 0.4) is 0 Å². The first kappa shape index (κ1) is 19.4. The molecular weight excluding hydrogens is 318 g/mol. The summed E-state index contributed by atoms with van der Waals surface area (Å²) in [7, 11) is -5.49. The standard InChI is InChI=1S/C10H18F6N2Si2/c1-19(2,3)17-7(9(11,12)13)8(10(14,15)16)18-20(4,5)6/h1-6H3. The SMILES string of the molecule is C[Si](C)(C)N=C(C(=N[Si](C)(C)C)C(F)(F)F)C(F)(F)F. The maximum atomic E-state index is 12.9. The van der Waals surface area contributed by atoms with Gasteiger partial charge < -0.3 is 9.32 Å². The van der Waals surface area contributed by atoms with Gasteiger partial charge in [-0.05, 0) is 39.3 Å². The quantitative estimate of drug-likeness (QED) is 0.407. The van der Waals surface area contributed by atoms with Crippen LogP contribution in [0.15, 0.2) is 9.32 Å². The summed E-state index contributed by atoms with van der Waals surface area (Å²) in [6.45, 7) is 8.59. The number of nitrogens with zero attached hydrogens (tertiary/aromatic N) is 2. The summed E-state index contributed by atoms with van der Waals surface area (Å²) >= 11 is 0. The van der Waals surface area contributed by atoms with E-state index in [1.807, 2.05) is 0 Å². The summed E-state index contributed by atoms with van der Waals surface area (Å²) in [5.74, 6) is 0. The fourth-order valence-corrected chi connectivity index (χ4v) is 2.98. The molecule has 0 amide bonds. The van der Waals surface area contributed by atoms with E-state index < -0.39 is 40.2 Å². The van der Waals surface area contributed by atoms with E-state index in [-0.39, 0.29) is 0 Å². The third-order valence-corrected chi connectivity index (χ3v) is 3.44. The Morgan fingerprint density at radius 1 is 0.600 bits per heavy atom. The Balaban J connectivity index is 6.23. The van der Waals surface area contributed by atoms with Crippen molar-refractivity contribution in [3.05, 3.63) is 0 Å². The van der Waals surface area contributed by atoms with Gasteiger partial charge in [-0.15, -0.1) is 0 Å². The van der Waals surface area contributed by atoms with E-state index in [4.69, 9.17) is 0 Å². The number of alkyl halides is 6. The van der Waals surface area contributed by atoms with Gasteiger partial charge in [-0.25, -0.2) is 0 Å². The maximum Gasteiger partial charge on any atom is 0.434 e. The van der Waals surface area contributed by atoms with Crippen LogP contribution < -0.4 is 0 Å². The highest BCUT2D eigenvalue weighted by molar-refractivity contribution is 6.79. The highest BCUT2D eigenvalue weighted by Crippen LogP contribution is 2.29. The predicted octanol–water partition coefficient (Wildman–Crippen LogP) is 4.66. The van der Waals surface area contributed by atoms with E-state index in [0.717, 1.165) is 0 Å². The molecule has 0 atom stereocenters. The molecular formula is C10H18F6N2Si2. The molecule has 0 aromatic carbocycles. The number of hydrogen-bond donors (Lipinski definition) is 0. The van der Waals surface area contributed by atoms with Gasteiger partial charge in [0.25, 0.3) is 0 Å². The molecule has 0 saturated carbocycles. The van der Waals surface area contributed by atoms with Crippen molar-refractivity contribution in [1.82, 2.24) is 0 Å². The molecule has 0 spiro atoms. The van der Waals surface area contributed by atoms with Crippen molar-refractivity contribution in [3.63, 3.8) is 0 Å². The predicted molar refractivity (Wildman–Crippen MR) is 73.7 cm³/mol. The molecule has 0 heterocycles. The van der Waals surface area contributed by atoms with Crippen LogP contribution in [0.5, 0.6) is 0 Å². The van der Waals surface area contributed by atoms with Gasteiger partial charge in [0.1, 0.15) is 0 Å². The monoisotopic (exact) mass is 336 g/mol. The first-order chi connectivity index (χ1) is 8.43. The van der Waals surface area contributed by atoms with Gasteiger partial charge in [0.2, 0.25) is 0 Å². The Hall–Kier alpha value is -0.646. The molecule has 0 aliphatic rings. The van der Waals surface area contributed by atoms with Crippen LogP contribution in [0.25, 0.3) is 0 Å². The second-order valence-corrected chi connectivity index (χ2v) is 15.4. The molecule has 0 aliphatic carbocycles. The van der Waals surface area contributed by atoms with Crippen LogP contribution in [-0.2, 0) is 0 Å². The van der Waals surface area contributed by atoms with E-state index in [1.54, 1.807) is 0 Å². The molecule has 0 rings (SSSR count). The summed E-state index contributed by atoms with van der Waals surface area (Å²) in [6.07, 6.45) is -10.3. The average molecular weight is 336 g/mol. The third-order valence-electron chi connectivity index (χ3n) is 1.66. The second-order valence-electron chi connectivity index (χ2n) is 6.26. The van der Waals surface area contributed by atoms with E-state index in [0.29, 0.717) is 0 Å². The van der Waals surface area contributed by atoms with Crippen LogP contribution >= 0.6 is 0 Å². The van der Waals surface area contributed by atoms with Gasteiger partial charge in [-0.2, -0.15) is 26.3 Å². The van der Waals surface area contributed by atoms with Crippen LogP contribution in [0.1, 0.15) is 0 Å². The van der Waals surface area contributed by atoms with E-state index in [2.05, 4.69) is 9.32 Å². The van der Waals surface area contributed by atoms with Crippen molar-refractivity contribution in [2.75, 3.05) is 0 Å². The molecule has 0 bridgehead atoms. The lowest BCUT2D eigenvalue weighted by molar-refractivity contribution is -0.0707. The zero-order valence-electron chi connectivity index (χ0n) is 12.2. The Labute approximate surface area is 116 Å². The van der Waals surface area contributed by atoms with Crippen molar-refractivity contribution >= 4 is 27.9 Å².